The van der Waals surface area contributed by atoms with Crippen molar-refractivity contribution in [3.05, 3.63) is 23.9 Å². The highest BCUT2D eigenvalue weighted by Crippen LogP contribution is 2.16. The van der Waals surface area contributed by atoms with Crippen LogP contribution in [-0.4, -0.2) is 28.2 Å². The topological polar surface area (TPSA) is 75.2 Å². The Bertz CT molecular complexity index is 490. The van der Waals surface area contributed by atoms with Crippen LogP contribution in [0, 0.1) is 0 Å². The number of rotatable bonds is 2. The molecule has 0 saturated heterocycles. The van der Waals surface area contributed by atoms with Crippen LogP contribution in [0.4, 0.5) is 0 Å². The Balaban J connectivity index is 2.60. The Kier molecular flexibility index (Phi) is 1.85. The van der Waals surface area contributed by atoms with E-state index in [1.165, 1.54) is 13.2 Å². The fourth-order valence-corrected chi connectivity index (χ4v) is 1.22. The van der Waals surface area contributed by atoms with Crippen LogP contribution in [-0.2, 0) is 0 Å². The lowest BCUT2D eigenvalue weighted by atomic mass is 10.3. The van der Waals surface area contributed by atoms with E-state index in [0.29, 0.717) is 16.9 Å². The highest BCUT2D eigenvalue weighted by molar-refractivity contribution is 5.92. The minimum Gasteiger partial charge on any atom is -0.481 e. The van der Waals surface area contributed by atoms with Crippen LogP contribution in [0.2, 0.25) is 0 Å². The molecule has 0 bridgehead atoms. The molecule has 0 radical (unpaired) electrons. The number of pyridine rings is 1. The number of aromatic amines is 1. The van der Waals surface area contributed by atoms with E-state index >= 15 is 0 Å². The molecular formula is C9H8N2O3. The molecule has 5 heteroatoms. The minimum atomic E-state index is -0.998. The highest BCUT2D eigenvalue weighted by Gasteiger charge is 2.08. The van der Waals surface area contributed by atoms with Crippen molar-refractivity contribution in [1.82, 2.24) is 9.97 Å². The molecule has 2 aromatic rings. The normalized spacial score (nSPS) is 10.4. The van der Waals surface area contributed by atoms with Gasteiger partial charge in [0.2, 0.25) is 5.88 Å². The Morgan fingerprint density at radius 1 is 1.57 bits per heavy atom. The second-order valence-electron chi connectivity index (χ2n) is 2.77. The molecule has 2 N–H and O–H groups in total. The summed E-state index contributed by atoms with van der Waals surface area (Å²) in [4.78, 5) is 17.4. The maximum atomic E-state index is 10.6. The first kappa shape index (κ1) is 8.55. The third kappa shape index (κ3) is 1.28. The third-order valence-electron chi connectivity index (χ3n) is 1.89. The van der Waals surface area contributed by atoms with Crippen LogP contribution in [0.15, 0.2) is 18.2 Å². The number of carboxylic acid groups (broad SMARTS) is 1. The van der Waals surface area contributed by atoms with E-state index in [1.54, 1.807) is 12.1 Å². The van der Waals surface area contributed by atoms with Crippen molar-refractivity contribution in [2.24, 2.45) is 0 Å². The SMILES string of the molecule is COc1ccc2[nH]c(C(=O)O)cc2n1. The number of nitrogens with zero attached hydrogens (tertiary/aromatic N) is 1. The van der Waals surface area contributed by atoms with Crippen molar-refractivity contribution >= 4 is 17.0 Å². The predicted molar refractivity (Wildman–Crippen MR) is 49.6 cm³/mol. The number of aromatic nitrogens is 2. The average Bonchev–Trinajstić information content (AvgIpc) is 2.59. The van der Waals surface area contributed by atoms with E-state index in [9.17, 15) is 4.79 Å². The first-order valence-corrected chi connectivity index (χ1v) is 3.98. The van der Waals surface area contributed by atoms with Crippen LogP contribution in [0.3, 0.4) is 0 Å². The molecule has 5 nitrogen and oxygen atoms in total. The van der Waals surface area contributed by atoms with Gasteiger partial charge in [-0.1, -0.05) is 0 Å². The molecule has 0 spiro atoms. The molecule has 0 aliphatic carbocycles. The van der Waals surface area contributed by atoms with Gasteiger partial charge >= 0.3 is 5.97 Å². The molecule has 0 unspecified atom stereocenters. The Labute approximate surface area is 79.3 Å². The zero-order chi connectivity index (χ0) is 10.1. The van der Waals surface area contributed by atoms with E-state index in [-0.39, 0.29) is 5.69 Å². The average molecular weight is 192 g/mol. The minimum absolute atomic E-state index is 0.126. The molecule has 2 aromatic heterocycles. The zero-order valence-corrected chi connectivity index (χ0v) is 7.44. The summed E-state index contributed by atoms with van der Waals surface area (Å²) in [5.41, 5.74) is 1.39. The van der Waals surface area contributed by atoms with Crippen LogP contribution >= 0.6 is 0 Å². The molecule has 2 heterocycles. The number of nitrogens with one attached hydrogen (secondary N) is 1. The lowest BCUT2D eigenvalue weighted by Crippen LogP contribution is -1.94. The Morgan fingerprint density at radius 2 is 2.36 bits per heavy atom. The van der Waals surface area contributed by atoms with Gasteiger partial charge in [0.25, 0.3) is 0 Å². The van der Waals surface area contributed by atoms with E-state index in [0.717, 1.165) is 0 Å². The van der Waals surface area contributed by atoms with Crippen molar-refractivity contribution < 1.29 is 14.6 Å². The van der Waals surface area contributed by atoms with Gasteiger partial charge in [-0.05, 0) is 12.1 Å². The molecule has 72 valence electrons. The van der Waals surface area contributed by atoms with Crippen molar-refractivity contribution in [2.45, 2.75) is 0 Å². The smallest absolute Gasteiger partial charge is 0.352 e. The second kappa shape index (κ2) is 3.02. The number of H-pyrrole nitrogens is 1. The lowest BCUT2D eigenvalue weighted by Gasteiger charge is -1.96. The molecule has 0 aliphatic heterocycles. The molecule has 0 aliphatic rings. The van der Waals surface area contributed by atoms with Gasteiger partial charge < -0.3 is 14.8 Å². The van der Waals surface area contributed by atoms with Gasteiger partial charge in [0.05, 0.1) is 18.1 Å². The molecule has 0 amide bonds. The van der Waals surface area contributed by atoms with Gasteiger partial charge in [-0.2, -0.15) is 0 Å². The summed E-state index contributed by atoms with van der Waals surface area (Å²) in [6.45, 7) is 0. The van der Waals surface area contributed by atoms with Gasteiger partial charge in [0.1, 0.15) is 5.69 Å². The molecule has 2 rings (SSSR count). The molecular weight excluding hydrogens is 184 g/mol. The predicted octanol–water partition coefficient (Wildman–Crippen LogP) is 1.27. The summed E-state index contributed by atoms with van der Waals surface area (Å²) in [5.74, 6) is -0.532. The maximum absolute atomic E-state index is 10.6. The summed E-state index contributed by atoms with van der Waals surface area (Å²) in [6.07, 6.45) is 0. The van der Waals surface area contributed by atoms with E-state index in [1.807, 2.05) is 0 Å². The van der Waals surface area contributed by atoms with E-state index in [4.69, 9.17) is 9.84 Å². The van der Waals surface area contributed by atoms with Gasteiger partial charge in [-0.3, -0.25) is 0 Å². The largest absolute Gasteiger partial charge is 0.481 e. The number of aromatic carboxylic acids is 1. The number of carboxylic acids is 1. The number of hydrogen-bond acceptors (Lipinski definition) is 3. The van der Waals surface area contributed by atoms with Gasteiger partial charge in [-0.15, -0.1) is 0 Å². The van der Waals surface area contributed by atoms with Crippen molar-refractivity contribution in [2.75, 3.05) is 7.11 Å². The van der Waals surface area contributed by atoms with Crippen LogP contribution < -0.4 is 4.74 Å². The van der Waals surface area contributed by atoms with Crippen LogP contribution in [0.5, 0.6) is 5.88 Å². The quantitative estimate of drug-likeness (QED) is 0.751. The second-order valence-corrected chi connectivity index (χ2v) is 2.77. The number of methoxy groups -OCH3 is 1. The fourth-order valence-electron chi connectivity index (χ4n) is 1.22. The fraction of sp³-hybridized carbons (Fsp3) is 0.111. The summed E-state index contributed by atoms with van der Waals surface area (Å²) < 4.78 is 4.92. The van der Waals surface area contributed by atoms with Crippen molar-refractivity contribution in [3.63, 3.8) is 0 Å². The monoisotopic (exact) mass is 192 g/mol. The Morgan fingerprint density at radius 3 is 3.00 bits per heavy atom. The number of hydrogen-bond donors (Lipinski definition) is 2. The van der Waals surface area contributed by atoms with E-state index in [2.05, 4.69) is 9.97 Å². The first-order valence-electron chi connectivity index (χ1n) is 3.98. The summed E-state index contributed by atoms with van der Waals surface area (Å²) in [6, 6.07) is 4.87. The van der Waals surface area contributed by atoms with Gasteiger partial charge in [0.15, 0.2) is 0 Å². The lowest BCUT2D eigenvalue weighted by molar-refractivity contribution is 0.0691. The number of carbonyl (C=O) groups is 1. The third-order valence-corrected chi connectivity index (χ3v) is 1.89. The van der Waals surface area contributed by atoms with Crippen LogP contribution in [0.25, 0.3) is 11.0 Å². The van der Waals surface area contributed by atoms with Crippen molar-refractivity contribution in [1.29, 1.82) is 0 Å². The van der Waals surface area contributed by atoms with E-state index < -0.39 is 5.97 Å². The standard InChI is InChI=1S/C9H8N2O3/c1-14-8-3-2-5-6(11-8)4-7(10-5)9(12)13/h2-4,10H,1H3,(H,12,13). The van der Waals surface area contributed by atoms with Crippen LogP contribution in [0.1, 0.15) is 10.5 Å². The van der Waals surface area contributed by atoms with Gasteiger partial charge in [-0.25, -0.2) is 9.78 Å². The molecule has 14 heavy (non-hydrogen) atoms. The molecule has 0 atom stereocenters. The Hall–Kier alpha value is -2.04. The van der Waals surface area contributed by atoms with Crippen molar-refractivity contribution in [3.8, 4) is 5.88 Å². The summed E-state index contributed by atoms with van der Waals surface area (Å²) in [5, 5.41) is 8.72. The zero-order valence-electron chi connectivity index (χ0n) is 7.44. The van der Waals surface area contributed by atoms with Gasteiger partial charge in [0, 0.05) is 6.07 Å². The molecule has 0 fully saturated rings. The maximum Gasteiger partial charge on any atom is 0.352 e. The number of ether oxygens (including phenoxy) is 1. The summed E-state index contributed by atoms with van der Waals surface area (Å²) in [7, 11) is 1.51. The number of fused-ring (bicyclic) bond motifs is 1. The molecule has 0 aromatic carbocycles. The summed E-state index contributed by atoms with van der Waals surface area (Å²) >= 11 is 0. The first-order chi connectivity index (χ1) is 6.70. The highest BCUT2D eigenvalue weighted by atomic mass is 16.5. The molecule has 0 saturated carbocycles.